The number of hydrogen-bond acceptors (Lipinski definition) is 4. The number of hydrogen-bond donors (Lipinski definition) is 2. The van der Waals surface area contributed by atoms with Gasteiger partial charge in [-0.15, -0.1) is 0 Å². The number of nitrogens with one attached hydrogen (secondary N) is 2. The van der Waals surface area contributed by atoms with Crippen LogP contribution in [0.25, 0.3) is 0 Å². The molecule has 0 saturated heterocycles. The summed E-state index contributed by atoms with van der Waals surface area (Å²) >= 11 is 0. The van der Waals surface area contributed by atoms with Gasteiger partial charge in [0.25, 0.3) is 5.91 Å². The maximum Gasteiger partial charge on any atom is 0.287 e. The molecule has 35 heavy (non-hydrogen) atoms. The van der Waals surface area contributed by atoms with Gasteiger partial charge in [0.1, 0.15) is 6.04 Å². The van der Waals surface area contributed by atoms with Crippen molar-refractivity contribution in [3.63, 3.8) is 0 Å². The third-order valence-electron chi connectivity index (χ3n) is 6.48. The van der Waals surface area contributed by atoms with Crippen molar-refractivity contribution in [2.24, 2.45) is 0 Å². The molecule has 2 N–H and O–H groups in total. The molecule has 7 heteroatoms. The quantitative estimate of drug-likeness (QED) is 0.505. The van der Waals surface area contributed by atoms with E-state index >= 15 is 0 Å². The highest BCUT2D eigenvalue weighted by molar-refractivity contribution is 6.04. The minimum atomic E-state index is -0.883. The predicted molar refractivity (Wildman–Crippen MR) is 134 cm³/mol. The average molecular weight is 474 g/mol. The van der Waals surface area contributed by atoms with Crippen LogP contribution < -0.4 is 15.5 Å². The molecule has 4 rings (SSSR count). The molecule has 0 radical (unpaired) electrons. The zero-order chi connectivity index (χ0) is 24.8. The zero-order valence-electron chi connectivity index (χ0n) is 20.1. The second-order valence-corrected chi connectivity index (χ2v) is 8.96. The van der Waals surface area contributed by atoms with Gasteiger partial charge < -0.3 is 15.1 Å². The first-order chi connectivity index (χ1) is 17.0. The maximum atomic E-state index is 13.8. The summed E-state index contributed by atoms with van der Waals surface area (Å²) in [5.74, 6) is -0.986. The van der Waals surface area contributed by atoms with E-state index in [1.54, 1.807) is 6.07 Å². The lowest BCUT2D eigenvalue weighted by atomic mass is 9.97. The van der Waals surface area contributed by atoms with Crippen LogP contribution in [0.3, 0.4) is 0 Å². The Bertz CT molecular complexity index is 1180. The molecule has 1 fully saturated rings. The van der Waals surface area contributed by atoms with Gasteiger partial charge in [0.05, 0.1) is 12.8 Å². The number of carbonyl (C=O) groups is 3. The summed E-state index contributed by atoms with van der Waals surface area (Å²) in [6, 6.07) is 17.4. The predicted octanol–water partition coefficient (Wildman–Crippen LogP) is 4.46. The topological polar surface area (TPSA) is 91.7 Å². The molecule has 7 nitrogen and oxygen atoms in total. The number of rotatable bonds is 8. The van der Waals surface area contributed by atoms with Crippen molar-refractivity contribution in [1.29, 1.82) is 0 Å². The number of anilines is 1. The molecule has 3 aromatic rings. The van der Waals surface area contributed by atoms with Gasteiger partial charge in [0, 0.05) is 11.7 Å². The summed E-state index contributed by atoms with van der Waals surface area (Å²) in [7, 11) is 0. The minimum absolute atomic E-state index is 0.0986. The van der Waals surface area contributed by atoms with Crippen LogP contribution in [0.15, 0.2) is 71.3 Å². The minimum Gasteiger partial charge on any atom is -0.459 e. The standard InChI is InChI=1S/C28H31N3O4/c1-19-10-3-7-14-22(19)26(28(34)30-21-12-5-6-13-21)31(23-15-8-4-11-20(23)2)25(32)18-29-27(33)24-16-9-17-35-24/h3-4,7-11,14-17,21,26H,5-6,12-13,18H2,1-2H3,(H,29,33)(H,30,34)/t26-/m0/s1. The average Bonchev–Trinajstić information content (AvgIpc) is 3.57. The number of nitrogens with zero attached hydrogens (tertiary/aromatic N) is 1. The molecule has 0 spiro atoms. The first kappa shape index (κ1) is 24.3. The molecule has 0 bridgehead atoms. The molecule has 1 saturated carbocycles. The molecular weight excluding hydrogens is 442 g/mol. The van der Waals surface area contributed by atoms with E-state index in [1.165, 1.54) is 17.2 Å². The first-order valence-corrected chi connectivity index (χ1v) is 12.0. The molecule has 2 aromatic carbocycles. The van der Waals surface area contributed by atoms with Crippen LogP contribution in [0.2, 0.25) is 0 Å². The molecule has 1 aliphatic rings. The van der Waals surface area contributed by atoms with Crippen molar-refractivity contribution in [2.45, 2.75) is 51.6 Å². The Hall–Kier alpha value is -3.87. The van der Waals surface area contributed by atoms with Gasteiger partial charge in [-0.25, -0.2) is 0 Å². The Morgan fingerprint density at radius 1 is 0.943 bits per heavy atom. The Kier molecular flexibility index (Phi) is 7.65. The fourth-order valence-corrected chi connectivity index (χ4v) is 4.63. The van der Waals surface area contributed by atoms with E-state index in [0.29, 0.717) is 5.69 Å². The highest BCUT2D eigenvalue weighted by Crippen LogP contribution is 2.32. The van der Waals surface area contributed by atoms with E-state index in [0.717, 1.165) is 42.4 Å². The smallest absolute Gasteiger partial charge is 0.287 e. The number of carbonyl (C=O) groups excluding carboxylic acids is 3. The van der Waals surface area contributed by atoms with E-state index in [1.807, 2.05) is 62.4 Å². The van der Waals surface area contributed by atoms with Crippen LogP contribution in [0.1, 0.15) is 59.0 Å². The molecule has 1 aromatic heterocycles. The van der Waals surface area contributed by atoms with Gasteiger partial charge in [-0.2, -0.15) is 0 Å². The zero-order valence-corrected chi connectivity index (χ0v) is 20.1. The number of amides is 3. The maximum absolute atomic E-state index is 13.8. The molecule has 1 heterocycles. The number of para-hydroxylation sites is 1. The number of benzene rings is 2. The van der Waals surface area contributed by atoms with Crippen molar-refractivity contribution in [1.82, 2.24) is 10.6 Å². The molecular formula is C28H31N3O4. The summed E-state index contributed by atoms with van der Waals surface area (Å²) in [5, 5.41) is 5.81. The second kappa shape index (κ2) is 11.0. The Morgan fingerprint density at radius 3 is 2.29 bits per heavy atom. The summed E-state index contributed by atoms with van der Waals surface area (Å²) in [4.78, 5) is 41.5. The summed E-state index contributed by atoms with van der Waals surface area (Å²) in [6.45, 7) is 3.55. The lowest BCUT2D eigenvalue weighted by Gasteiger charge is -2.34. The van der Waals surface area contributed by atoms with Gasteiger partial charge in [-0.1, -0.05) is 55.3 Å². The molecule has 0 unspecified atom stereocenters. The van der Waals surface area contributed by atoms with Crippen molar-refractivity contribution in [3.05, 3.63) is 89.4 Å². The summed E-state index contributed by atoms with van der Waals surface area (Å²) in [5.41, 5.74) is 3.13. The first-order valence-electron chi connectivity index (χ1n) is 12.0. The third-order valence-corrected chi connectivity index (χ3v) is 6.48. The van der Waals surface area contributed by atoms with Gasteiger partial charge in [-0.05, 0) is 61.6 Å². The number of aryl methyl sites for hydroxylation is 2. The van der Waals surface area contributed by atoms with Crippen LogP contribution in [0.5, 0.6) is 0 Å². The van der Waals surface area contributed by atoms with Crippen LogP contribution >= 0.6 is 0 Å². The van der Waals surface area contributed by atoms with Gasteiger partial charge in [-0.3, -0.25) is 19.3 Å². The van der Waals surface area contributed by atoms with Crippen molar-refractivity contribution in [3.8, 4) is 0 Å². The molecule has 1 aliphatic carbocycles. The Morgan fingerprint density at radius 2 is 1.63 bits per heavy atom. The van der Waals surface area contributed by atoms with Gasteiger partial charge in [0.15, 0.2) is 5.76 Å². The summed E-state index contributed by atoms with van der Waals surface area (Å²) < 4.78 is 5.14. The van der Waals surface area contributed by atoms with E-state index in [9.17, 15) is 14.4 Å². The largest absolute Gasteiger partial charge is 0.459 e. The van der Waals surface area contributed by atoms with E-state index in [4.69, 9.17) is 4.42 Å². The van der Waals surface area contributed by atoms with Crippen LogP contribution in [-0.4, -0.2) is 30.3 Å². The Balaban J connectivity index is 1.71. The van der Waals surface area contributed by atoms with Gasteiger partial charge >= 0.3 is 0 Å². The van der Waals surface area contributed by atoms with Crippen LogP contribution in [-0.2, 0) is 9.59 Å². The van der Waals surface area contributed by atoms with Crippen LogP contribution in [0, 0.1) is 13.8 Å². The third kappa shape index (κ3) is 5.62. The number of furan rings is 1. The molecule has 0 aliphatic heterocycles. The second-order valence-electron chi connectivity index (χ2n) is 8.96. The van der Waals surface area contributed by atoms with E-state index in [2.05, 4.69) is 10.6 Å². The van der Waals surface area contributed by atoms with Crippen molar-refractivity contribution >= 4 is 23.4 Å². The van der Waals surface area contributed by atoms with Crippen molar-refractivity contribution in [2.75, 3.05) is 11.4 Å². The highest BCUT2D eigenvalue weighted by Gasteiger charge is 2.35. The Labute approximate surface area is 205 Å². The molecule has 1 atom stereocenters. The fourth-order valence-electron chi connectivity index (χ4n) is 4.63. The highest BCUT2D eigenvalue weighted by atomic mass is 16.3. The monoisotopic (exact) mass is 473 g/mol. The molecule has 182 valence electrons. The molecule has 3 amide bonds. The lowest BCUT2D eigenvalue weighted by molar-refractivity contribution is -0.126. The lowest BCUT2D eigenvalue weighted by Crippen LogP contribution is -2.49. The SMILES string of the molecule is Cc1ccccc1[C@@H](C(=O)NC1CCCC1)N(C(=O)CNC(=O)c1ccco1)c1ccccc1C. The fraction of sp³-hybridized carbons (Fsp3) is 0.321. The normalized spacial score (nSPS) is 14.3. The van der Waals surface area contributed by atoms with Gasteiger partial charge in [0.2, 0.25) is 11.8 Å². The van der Waals surface area contributed by atoms with E-state index < -0.39 is 17.9 Å². The summed E-state index contributed by atoms with van der Waals surface area (Å²) in [6.07, 6.45) is 5.43. The van der Waals surface area contributed by atoms with Crippen molar-refractivity contribution < 1.29 is 18.8 Å². The van der Waals surface area contributed by atoms with E-state index in [-0.39, 0.29) is 24.3 Å². The van der Waals surface area contributed by atoms with Crippen LogP contribution in [0.4, 0.5) is 5.69 Å².